The SMILES string of the molecule is Nc1ccncc1CC(=O)CCOC1CCNCC1. The molecule has 5 nitrogen and oxygen atoms in total. The van der Waals surface area contributed by atoms with Crippen molar-refractivity contribution in [2.45, 2.75) is 31.8 Å². The molecule has 0 unspecified atom stereocenters. The highest BCUT2D eigenvalue weighted by Crippen LogP contribution is 2.11. The molecule has 0 aliphatic carbocycles. The summed E-state index contributed by atoms with van der Waals surface area (Å²) >= 11 is 0. The average Bonchev–Trinajstić information content (AvgIpc) is 2.43. The van der Waals surface area contributed by atoms with Gasteiger partial charge in [-0.3, -0.25) is 9.78 Å². The number of nitrogens with two attached hydrogens (primary N) is 1. The molecule has 3 N–H and O–H groups in total. The second-order valence-corrected chi connectivity index (χ2v) is 4.86. The van der Waals surface area contributed by atoms with E-state index in [1.807, 2.05) is 0 Å². The molecule has 1 aromatic heterocycles. The Morgan fingerprint density at radius 3 is 3.00 bits per heavy atom. The van der Waals surface area contributed by atoms with Crippen LogP contribution in [0.5, 0.6) is 0 Å². The number of pyridine rings is 1. The summed E-state index contributed by atoms with van der Waals surface area (Å²) in [5, 5.41) is 3.29. The number of anilines is 1. The number of ketones is 1. The van der Waals surface area contributed by atoms with E-state index in [0.29, 0.717) is 31.2 Å². The molecule has 0 spiro atoms. The number of hydrogen-bond donors (Lipinski definition) is 2. The number of piperidine rings is 1. The second kappa shape index (κ2) is 7.21. The number of ether oxygens (including phenoxy) is 1. The Hall–Kier alpha value is -1.46. The van der Waals surface area contributed by atoms with Crippen molar-refractivity contribution in [3.63, 3.8) is 0 Å². The summed E-state index contributed by atoms with van der Waals surface area (Å²) in [5.74, 6) is 0.147. The molecule has 19 heavy (non-hydrogen) atoms. The van der Waals surface area contributed by atoms with Crippen LogP contribution in [0.25, 0.3) is 0 Å². The van der Waals surface area contributed by atoms with E-state index in [-0.39, 0.29) is 5.78 Å². The van der Waals surface area contributed by atoms with Gasteiger partial charge < -0.3 is 15.8 Å². The van der Waals surface area contributed by atoms with E-state index in [1.54, 1.807) is 18.5 Å². The van der Waals surface area contributed by atoms with Crippen LogP contribution in [0.4, 0.5) is 5.69 Å². The van der Waals surface area contributed by atoms with Crippen molar-refractivity contribution in [2.24, 2.45) is 0 Å². The molecule has 1 saturated heterocycles. The predicted octanol–water partition coefficient (Wildman–Crippen LogP) is 0.934. The van der Waals surface area contributed by atoms with Crippen LogP contribution in [0.15, 0.2) is 18.5 Å². The van der Waals surface area contributed by atoms with Crippen LogP contribution in [0.1, 0.15) is 24.8 Å². The number of Topliss-reactive ketones (excluding diaryl/α,β-unsaturated/α-hetero) is 1. The summed E-state index contributed by atoms with van der Waals surface area (Å²) in [6.45, 7) is 2.51. The molecular weight excluding hydrogens is 242 g/mol. The van der Waals surface area contributed by atoms with Crippen LogP contribution in [-0.2, 0) is 16.0 Å². The summed E-state index contributed by atoms with van der Waals surface area (Å²) in [5.41, 5.74) is 7.21. The molecule has 0 amide bonds. The Balaban J connectivity index is 1.68. The Morgan fingerprint density at radius 2 is 2.26 bits per heavy atom. The third-order valence-corrected chi connectivity index (χ3v) is 3.35. The summed E-state index contributed by atoms with van der Waals surface area (Å²) in [6, 6.07) is 1.72. The van der Waals surface area contributed by atoms with E-state index in [1.165, 1.54) is 0 Å². The molecule has 0 aromatic carbocycles. The molecule has 0 saturated carbocycles. The van der Waals surface area contributed by atoms with Gasteiger partial charge in [-0.15, -0.1) is 0 Å². The molecule has 2 heterocycles. The Labute approximate surface area is 113 Å². The lowest BCUT2D eigenvalue weighted by Gasteiger charge is -2.22. The highest BCUT2D eigenvalue weighted by atomic mass is 16.5. The highest BCUT2D eigenvalue weighted by Gasteiger charge is 2.14. The maximum atomic E-state index is 11.8. The standard InChI is InChI=1S/C14H21N3O2/c15-14-3-7-17-10-11(14)9-12(18)4-8-19-13-1-5-16-6-2-13/h3,7,10,13,16H,1-2,4-6,8-9H2,(H2,15,17). The van der Waals surface area contributed by atoms with Crippen molar-refractivity contribution in [1.82, 2.24) is 10.3 Å². The van der Waals surface area contributed by atoms with E-state index in [0.717, 1.165) is 31.5 Å². The van der Waals surface area contributed by atoms with Gasteiger partial charge in [0.05, 0.1) is 12.7 Å². The third-order valence-electron chi connectivity index (χ3n) is 3.35. The largest absolute Gasteiger partial charge is 0.398 e. The molecule has 1 aliphatic heterocycles. The lowest BCUT2D eigenvalue weighted by atomic mass is 10.1. The topological polar surface area (TPSA) is 77.2 Å². The first-order chi connectivity index (χ1) is 9.25. The van der Waals surface area contributed by atoms with Crippen LogP contribution in [0, 0.1) is 0 Å². The quantitative estimate of drug-likeness (QED) is 0.798. The van der Waals surface area contributed by atoms with Gasteiger partial charge in [0.25, 0.3) is 0 Å². The van der Waals surface area contributed by atoms with Crippen LogP contribution < -0.4 is 11.1 Å². The number of aromatic nitrogens is 1. The molecule has 0 bridgehead atoms. The van der Waals surface area contributed by atoms with Crippen molar-refractivity contribution in [3.8, 4) is 0 Å². The monoisotopic (exact) mass is 263 g/mol. The predicted molar refractivity (Wildman–Crippen MR) is 73.8 cm³/mol. The molecule has 5 heteroatoms. The van der Waals surface area contributed by atoms with E-state index in [2.05, 4.69) is 10.3 Å². The Morgan fingerprint density at radius 1 is 1.47 bits per heavy atom. The van der Waals surface area contributed by atoms with Crippen molar-refractivity contribution < 1.29 is 9.53 Å². The van der Waals surface area contributed by atoms with Crippen molar-refractivity contribution in [3.05, 3.63) is 24.0 Å². The number of carbonyl (C=O) groups is 1. The van der Waals surface area contributed by atoms with Gasteiger partial charge in [-0.25, -0.2) is 0 Å². The van der Waals surface area contributed by atoms with Gasteiger partial charge in [0, 0.05) is 36.5 Å². The lowest BCUT2D eigenvalue weighted by molar-refractivity contribution is -0.120. The minimum absolute atomic E-state index is 0.147. The maximum absolute atomic E-state index is 11.8. The summed E-state index contributed by atoms with van der Waals surface area (Å²) < 4.78 is 5.71. The number of nitrogens with one attached hydrogen (secondary N) is 1. The highest BCUT2D eigenvalue weighted by molar-refractivity contribution is 5.82. The van der Waals surface area contributed by atoms with Gasteiger partial charge in [-0.2, -0.15) is 0 Å². The number of nitrogens with zero attached hydrogens (tertiary/aromatic N) is 1. The second-order valence-electron chi connectivity index (χ2n) is 4.86. The first-order valence-corrected chi connectivity index (χ1v) is 6.78. The van der Waals surface area contributed by atoms with Crippen LogP contribution in [0.2, 0.25) is 0 Å². The zero-order valence-corrected chi connectivity index (χ0v) is 11.1. The van der Waals surface area contributed by atoms with Crippen LogP contribution in [-0.4, -0.2) is 36.6 Å². The van der Waals surface area contributed by atoms with Crippen molar-refractivity contribution >= 4 is 11.5 Å². The normalized spacial score (nSPS) is 16.4. The van der Waals surface area contributed by atoms with Gasteiger partial charge in [0.1, 0.15) is 5.78 Å². The number of hydrogen-bond acceptors (Lipinski definition) is 5. The molecule has 0 atom stereocenters. The van der Waals surface area contributed by atoms with Gasteiger partial charge >= 0.3 is 0 Å². The number of carbonyl (C=O) groups excluding carboxylic acids is 1. The van der Waals surface area contributed by atoms with Crippen molar-refractivity contribution in [1.29, 1.82) is 0 Å². The van der Waals surface area contributed by atoms with Gasteiger partial charge in [-0.1, -0.05) is 0 Å². The molecule has 1 aliphatic rings. The molecule has 1 fully saturated rings. The zero-order valence-electron chi connectivity index (χ0n) is 11.1. The van der Waals surface area contributed by atoms with E-state index in [9.17, 15) is 4.79 Å². The van der Waals surface area contributed by atoms with E-state index < -0.39 is 0 Å². The fourth-order valence-corrected chi connectivity index (χ4v) is 2.19. The smallest absolute Gasteiger partial charge is 0.139 e. The van der Waals surface area contributed by atoms with Gasteiger partial charge in [0.2, 0.25) is 0 Å². The molecule has 1 aromatic rings. The maximum Gasteiger partial charge on any atom is 0.139 e. The van der Waals surface area contributed by atoms with Gasteiger partial charge in [0.15, 0.2) is 0 Å². The fraction of sp³-hybridized carbons (Fsp3) is 0.571. The molecule has 0 radical (unpaired) electrons. The van der Waals surface area contributed by atoms with E-state index in [4.69, 9.17) is 10.5 Å². The first-order valence-electron chi connectivity index (χ1n) is 6.78. The number of rotatable bonds is 6. The van der Waals surface area contributed by atoms with E-state index >= 15 is 0 Å². The lowest BCUT2D eigenvalue weighted by Crippen LogP contribution is -2.32. The van der Waals surface area contributed by atoms with Crippen LogP contribution >= 0.6 is 0 Å². The van der Waals surface area contributed by atoms with Gasteiger partial charge in [-0.05, 0) is 32.0 Å². The molecule has 104 valence electrons. The minimum atomic E-state index is 0.147. The summed E-state index contributed by atoms with van der Waals surface area (Å²) in [4.78, 5) is 15.8. The Bertz CT molecular complexity index is 417. The van der Waals surface area contributed by atoms with Crippen LogP contribution in [0.3, 0.4) is 0 Å². The number of nitrogen functional groups attached to an aromatic ring is 1. The molecular formula is C14H21N3O2. The van der Waals surface area contributed by atoms with Crippen molar-refractivity contribution in [2.75, 3.05) is 25.4 Å². The third kappa shape index (κ3) is 4.61. The first kappa shape index (κ1) is 14.0. The average molecular weight is 263 g/mol. The zero-order chi connectivity index (χ0) is 13.5. The minimum Gasteiger partial charge on any atom is -0.398 e. The fourth-order valence-electron chi connectivity index (χ4n) is 2.19. The summed E-state index contributed by atoms with van der Waals surface area (Å²) in [7, 11) is 0. The molecule has 2 rings (SSSR count). The Kier molecular flexibility index (Phi) is 5.30. The summed E-state index contributed by atoms with van der Waals surface area (Å²) in [6.07, 6.45) is 6.43.